The van der Waals surface area contributed by atoms with Gasteiger partial charge in [0.2, 0.25) is 10.0 Å². The zero-order valence-electron chi connectivity index (χ0n) is 14.4. The number of hydrogen-bond donors (Lipinski definition) is 2. The Morgan fingerprint density at radius 2 is 1.88 bits per heavy atom. The van der Waals surface area contributed by atoms with Gasteiger partial charge in [-0.3, -0.25) is 9.59 Å². The molecule has 2 N–H and O–H groups in total. The molecule has 0 fully saturated rings. The van der Waals surface area contributed by atoms with Crippen molar-refractivity contribution in [2.75, 3.05) is 19.7 Å². The highest BCUT2D eigenvalue weighted by atomic mass is 32.2. The molecular formula is C16H24N2O5S. The van der Waals surface area contributed by atoms with Crippen molar-refractivity contribution in [2.45, 2.75) is 32.6 Å². The molecular weight excluding hydrogens is 332 g/mol. The highest BCUT2D eigenvalue weighted by Crippen LogP contribution is 2.16. The molecule has 0 bridgehead atoms. The molecule has 0 aliphatic carbocycles. The van der Waals surface area contributed by atoms with Gasteiger partial charge in [0.15, 0.2) is 6.61 Å². The molecule has 0 aliphatic rings. The zero-order chi connectivity index (χ0) is 18.3. The van der Waals surface area contributed by atoms with Gasteiger partial charge in [-0.15, -0.1) is 0 Å². The fourth-order valence-electron chi connectivity index (χ4n) is 1.79. The van der Waals surface area contributed by atoms with E-state index in [2.05, 4.69) is 10.0 Å². The third-order valence-corrected chi connectivity index (χ3v) is 4.65. The first kappa shape index (κ1) is 20.1. The molecule has 0 radical (unpaired) electrons. The standard InChI is InChI=1S/C16H24N2O5S/c1-11(2)8-17-15(19)10-23-16(20)9-18-24(21,22)14-7-12(3)5-6-13(14)4/h5-7,11,18H,8-10H2,1-4H3,(H,17,19). The van der Waals surface area contributed by atoms with E-state index >= 15 is 0 Å². The van der Waals surface area contributed by atoms with Crippen LogP contribution in [0.4, 0.5) is 0 Å². The number of sulfonamides is 1. The third-order valence-electron chi connectivity index (χ3n) is 3.11. The van der Waals surface area contributed by atoms with E-state index in [0.29, 0.717) is 12.1 Å². The lowest BCUT2D eigenvalue weighted by atomic mass is 10.2. The SMILES string of the molecule is Cc1ccc(C)c(S(=O)(=O)NCC(=O)OCC(=O)NCC(C)C)c1. The summed E-state index contributed by atoms with van der Waals surface area (Å²) in [6, 6.07) is 5.03. The van der Waals surface area contributed by atoms with E-state index in [1.807, 2.05) is 13.8 Å². The molecule has 24 heavy (non-hydrogen) atoms. The summed E-state index contributed by atoms with van der Waals surface area (Å²) in [6.45, 7) is 6.84. The Bertz CT molecular complexity index is 698. The van der Waals surface area contributed by atoms with Crippen molar-refractivity contribution >= 4 is 21.9 Å². The van der Waals surface area contributed by atoms with Crippen molar-refractivity contribution < 1.29 is 22.7 Å². The lowest BCUT2D eigenvalue weighted by molar-refractivity contribution is -0.147. The number of carbonyl (C=O) groups is 2. The summed E-state index contributed by atoms with van der Waals surface area (Å²) in [5.74, 6) is -0.952. The van der Waals surface area contributed by atoms with Crippen LogP contribution in [0.2, 0.25) is 0 Å². The topological polar surface area (TPSA) is 102 Å². The molecule has 0 spiro atoms. The Kier molecular flexibility index (Phi) is 7.37. The van der Waals surface area contributed by atoms with Crippen molar-refractivity contribution in [2.24, 2.45) is 5.92 Å². The molecule has 0 saturated heterocycles. The highest BCUT2D eigenvalue weighted by molar-refractivity contribution is 7.89. The number of nitrogens with one attached hydrogen (secondary N) is 2. The average Bonchev–Trinajstić information content (AvgIpc) is 2.51. The van der Waals surface area contributed by atoms with Crippen LogP contribution in [-0.4, -0.2) is 40.0 Å². The van der Waals surface area contributed by atoms with Gasteiger partial charge in [0, 0.05) is 6.54 Å². The number of amides is 1. The second-order valence-corrected chi connectivity index (χ2v) is 7.69. The maximum Gasteiger partial charge on any atom is 0.321 e. The lowest BCUT2D eigenvalue weighted by Crippen LogP contribution is -2.35. The van der Waals surface area contributed by atoms with Gasteiger partial charge in [0.25, 0.3) is 5.91 Å². The minimum absolute atomic E-state index is 0.116. The first-order chi connectivity index (χ1) is 11.1. The van der Waals surface area contributed by atoms with Crippen molar-refractivity contribution in [3.63, 3.8) is 0 Å². The largest absolute Gasteiger partial charge is 0.455 e. The molecule has 0 aliphatic heterocycles. The van der Waals surface area contributed by atoms with Crippen LogP contribution >= 0.6 is 0 Å². The van der Waals surface area contributed by atoms with E-state index in [1.54, 1.807) is 26.0 Å². The van der Waals surface area contributed by atoms with Crippen LogP contribution in [0.5, 0.6) is 0 Å². The summed E-state index contributed by atoms with van der Waals surface area (Å²) in [5.41, 5.74) is 1.37. The predicted molar refractivity (Wildman–Crippen MR) is 89.9 cm³/mol. The van der Waals surface area contributed by atoms with Crippen molar-refractivity contribution in [3.05, 3.63) is 29.3 Å². The number of esters is 1. The number of hydrogen-bond acceptors (Lipinski definition) is 5. The molecule has 8 heteroatoms. The van der Waals surface area contributed by atoms with Crippen LogP contribution in [0.25, 0.3) is 0 Å². The number of benzene rings is 1. The summed E-state index contributed by atoms with van der Waals surface area (Å²) in [4.78, 5) is 23.1. The second kappa shape index (κ2) is 8.79. The summed E-state index contributed by atoms with van der Waals surface area (Å²) < 4.78 is 31.4. The summed E-state index contributed by atoms with van der Waals surface area (Å²) in [6.07, 6.45) is 0. The zero-order valence-corrected chi connectivity index (χ0v) is 15.2. The van der Waals surface area contributed by atoms with Crippen molar-refractivity contribution in [1.82, 2.24) is 10.0 Å². The fourth-order valence-corrected chi connectivity index (χ4v) is 3.09. The first-order valence-electron chi connectivity index (χ1n) is 7.61. The Morgan fingerprint density at radius 3 is 2.50 bits per heavy atom. The molecule has 0 saturated carbocycles. The highest BCUT2D eigenvalue weighted by Gasteiger charge is 2.19. The van der Waals surface area contributed by atoms with Gasteiger partial charge in [-0.1, -0.05) is 26.0 Å². The van der Waals surface area contributed by atoms with Gasteiger partial charge in [0.05, 0.1) is 4.90 Å². The van der Waals surface area contributed by atoms with Gasteiger partial charge in [-0.05, 0) is 37.0 Å². The Labute approximate surface area is 142 Å². The molecule has 1 amide bonds. The molecule has 7 nitrogen and oxygen atoms in total. The molecule has 0 unspecified atom stereocenters. The number of aryl methyl sites for hydroxylation is 2. The van der Waals surface area contributed by atoms with Crippen LogP contribution in [-0.2, 0) is 24.3 Å². The number of ether oxygens (including phenoxy) is 1. The molecule has 0 aromatic heterocycles. The van der Waals surface area contributed by atoms with Crippen LogP contribution in [0.1, 0.15) is 25.0 Å². The molecule has 0 atom stereocenters. The minimum atomic E-state index is -3.82. The van der Waals surface area contributed by atoms with Crippen LogP contribution in [0.15, 0.2) is 23.1 Å². The maximum atomic E-state index is 12.2. The van der Waals surface area contributed by atoms with Gasteiger partial charge < -0.3 is 10.1 Å². The first-order valence-corrected chi connectivity index (χ1v) is 9.09. The Hall–Kier alpha value is -1.93. The van der Waals surface area contributed by atoms with Gasteiger partial charge >= 0.3 is 5.97 Å². The van der Waals surface area contributed by atoms with E-state index in [9.17, 15) is 18.0 Å². The van der Waals surface area contributed by atoms with E-state index in [4.69, 9.17) is 4.74 Å². The molecule has 134 valence electrons. The van der Waals surface area contributed by atoms with Gasteiger partial charge in [-0.2, -0.15) is 4.72 Å². The normalized spacial score (nSPS) is 11.4. The number of carbonyl (C=O) groups excluding carboxylic acids is 2. The summed E-state index contributed by atoms with van der Waals surface area (Å²) in [5, 5.41) is 2.59. The monoisotopic (exact) mass is 356 g/mol. The predicted octanol–water partition coefficient (Wildman–Crippen LogP) is 0.897. The Morgan fingerprint density at radius 1 is 1.21 bits per heavy atom. The summed E-state index contributed by atoms with van der Waals surface area (Å²) >= 11 is 0. The lowest BCUT2D eigenvalue weighted by Gasteiger charge is -2.11. The molecule has 1 rings (SSSR count). The second-order valence-electron chi connectivity index (χ2n) is 5.95. The summed E-state index contributed by atoms with van der Waals surface area (Å²) in [7, 11) is -3.82. The molecule has 0 heterocycles. The van der Waals surface area contributed by atoms with Crippen LogP contribution in [0, 0.1) is 19.8 Å². The minimum Gasteiger partial charge on any atom is -0.455 e. The van der Waals surface area contributed by atoms with Gasteiger partial charge in [0.1, 0.15) is 6.54 Å². The van der Waals surface area contributed by atoms with E-state index in [0.717, 1.165) is 5.56 Å². The van der Waals surface area contributed by atoms with Gasteiger partial charge in [-0.25, -0.2) is 8.42 Å². The molecule has 1 aromatic carbocycles. The maximum absolute atomic E-state index is 12.2. The smallest absolute Gasteiger partial charge is 0.321 e. The van der Waals surface area contributed by atoms with E-state index in [1.165, 1.54) is 6.07 Å². The number of rotatable bonds is 8. The molecule has 1 aromatic rings. The average molecular weight is 356 g/mol. The van der Waals surface area contributed by atoms with Crippen LogP contribution < -0.4 is 10.0 Å². The fraction of sp³-hybridized carbons (Fsp3) is 0.500. The van der Waals surface area contributed by atoms with E-state index < -0.39 is 35.1 Å². The quantitative estimate of drug-likeness (QED) is 0.674. The van der Waals surface area contributed by atoms with Crippen LogP contribution in [0.3, 0.4) is 0 Å². The Balaban J connectivity index is 2.51. The third kappa shape index (κ3) is 6.67. The van der Waals surface area contributed by atoms with Crippen molar-refractivity contribution in [3.8, 4) is 0 Å². The van der Waals surface area contributed by atoms with Crippen molar-refractivity contribution in [1.29, 1.82) is 0 Å². The van der Waals surface area contributed by atoms with E-state index in [-0.39, 0.29) is 10.8 Å².